The number of alkyl halides is 2. The molecule has 0 radical (unpaired) electrons. The molecule has 2 heterocycles. The van der Waals surface area contributed by atoms with E-state index in [1.165, 1.54) is 12.4 Å². The third-order valence-corrected chi connectivity index (χ3v) is 6.73. The first-order chi connectivity index (χ1) is 19.1. The van der Waals surface area contributed by atoms with Crippen molar-refractivity contribution in [3.05, 3.63) is 75.7 Å². The van der Waals surface area contributed by atoms with Crippen LogP contribution >= 0.6 is 11.6 Å². The number of hydrogen-bond donors (Lipinski definition) is 2. The Balaban J connectivity index is 1.89. The molecular formula is C29H29ClF2N8. The minimum absolute atomic E-state index is 0.0563. The van der Waals surface area contributed by atoms with Crippen molar-refractivity contribution in [1.29, 1.82) is 10.5 Å². The summed E-state index contributed by atoms with van der Waals surface area (Å²) in [7, 11) is 0. The highest BCUT2D eigenvalue weighted by atomic mass is 35.5. The van der Waals surface area contributed by atoms with Gasteiger partial charge in [-0.2, -0.15) is 10.5 Å². The van der Waals surface area contributed by atoms with E-state index in [9.17, 15) is 19.3 Å². The van der Waals surface area contributed by atoms with Crippen molar-refractivity contribution in [2.45, 2.75) is 39.8 Å². The molecule has 0 aliphatic rings. The maximum Gasteiger partial charge on any atom is 0.114 e. The summed E-state index contributed by atoms with van der Waals surface area (Å²) in [6.45, 7) is 6.81. The van der Waals surface area contributed by atoms with Gasteiger partial charge in [0.1, 0.15) is 31.2 Å². The molecular weight excluding hydrogens is 534 g/mol. The summed E-state index contributed by atoms with van der Waals surface area (Å²) in [6, 6.07) is 11.4. The van der Waals surface area contributed by atoms with Gasteiger partial charge in [0.05, 0.1) is 46.3 Å². The number of nitrogens with zero attached hydrogens (tertiary/aromatic N) is 6. The number of aromatic nitrogens is 4. The Labute approximate surface area is 236 Å². The van der Waals surface area contributed by atoms with Crippen molar-refractivity contribution in [2.75, 3.05) is 30.5 Å². The molecule has 4 aromatic rings. The zero-order chi connectivity index (χ0) is 29.0. The van der Waals surface area contributed by atoms with Crippen LogP contribution in [0.1, 0.15) is 60.8 Å². The zero-order valence-corrected chi connectivity index (χ0v) is 23.4. The number of rotatable bonds is 9. The molecule has 2 aromatic heterocycles. The Hall–Kier alpha value is -4.28. The van der Waals surface area contributed by atoms with Crippen LogP contribution in [0.15, 0.2) is 42.7 Å². The number of nitriles is 2. The lowest BCUT2D eigenvalue weighted by molar-refractivity contribution is 0.269. The van der Waals surface area contributed by atoms with Crippen LogP contribution in [-0.2, 0) is 0 Å². The Morgan fingerprint density at radius 3 is 2.48 bits per heavy atom. The van der Waals surface area contributed by atoms with Gasteiger partial charge >= 0.3 is 0 Å². The summed E-state index contributed by atoms with van der Waals surface area (Å²) < 4.78 is 28.0. The topological polar surface area (TPSA) is 115 Å². The van der Waals surface area contributed by atoms with Crippen molar-refractivity contribution in [1.82, 2.24) is 20.0 Å². The third-order valence-electron chi connectivity index (χ3n) is 6.51. The number of hydrogen-bond acceptors (Lipinski definition) is 7. The molecule has 4 rings (SSSR count). The van der Waals surface area contributed by atoms with Crippen LogP contribution in [0.25, 0.3) is 10.9 Å². The maximum atomic E-state index is 13.4. The molecule has 0 aliphatic carbocycles. The molecule has 1 atom stereocenters. The number of anilines is 2. The van der Waals surface area contributed by atoms with E-state index in [2.05, 4.69) is 58.8 Å². The maximum absolute atomic E-state index is 13.4. The fourth-order valence-electron chi connectivity index (χ4n) is 4.34. The summed E-state index contributed by atoms with van der Waals surface area (Å²) in [5.41, 5.74) is 4.33. The van der Waals surface area contributed by atoms with Crippen LogP contribution < -0.4 is 10.6 Å². The van der Waals surface area contributed by atoms with Crippen LogP contribution in [0, 0.1) is 35.0 Å². The van der Waals surface area contributed by atoms with Crippen LogP contribution in [0.5, 0.6) is 0 Å². The highest BCUT2D eigenvalue weighted by Gasteiger charge is 2.25. The standard InChI is InChI=1S/C29H29ClF2N8/c1-17-18(12-33)6-5-7-22(17)28(25-15-40(39-38-25)21(10-31)11-32)37-24-9-20(30)8-23-26(36-16-29(2,3)4)19(13-34)14-35-27(23)24/h5-9,14-15,21,28,37H,10-11,16H2,1-4H3,(H,35,36)/t28-/m0/s1. The smallest absolute Gasteiger partial charge is 0.114 e. The summed E-state index contributed by atoms with van der Waals surface area (Å²) >= 11 is 6.58. The zero-order valence-electron chi connectivity index (χ0n) is 22.6. The minimum Gasteiger partial charge on any atom is -0.383 e. The van der Waals surface area contributed by atoms with Crippen LogP contribution in [0.3, 0.4) is 0 Å². The number of pyridine rings is 1. The van der Waals surface area contributed by atoms with Gasteiger partial charge in [-0.1, -0.05) is 49.7 Å². The fraction of sp³-hybridized carbons (Fsp3) is 0.345. The summed E-state index contributed by atoms with van der Waals surface area (Å²) in [6.07, 6.45) is 3.00. The van der Waals surface area contributed by atoms with Crippen LogP contribution in [0.4, 0.5) is 20.2 Å². The number of halogens is 3. The Morgan fingerprint density at radius 1 is 1.10 bits per heavy atom. The van der Waals surface area contributed by atoms with Crippen molar-refractivity contribution >= 4 is 33.9 Å². The van der Waals surface area contributed by atoms with E-state index in [0.717, 1.165) is 10.2 Å². The van der Waals surface area contributed by atoms with Gasteiger partial charge < -0.3 is 10.6 Å². The van der Waals surface area contributed by atoms with Gasteiger partial charge in [-0.3, -0.25) is 4.98 Å². The van der Waals surface area contributed by atoms with E-state index >= 15 is 0 Å². The second-order valence-corrected chi connectivity index (χ2v) is 11.2. The Bertz CT molecular complexity index is 1610. The minimum atomic E-state index is -1.09. The molecule has 2 aromatic carbocycles. The molecule has 0 bridgehead atoms. The molecule has 2 N–H and O–H groups in total. The third kappa shape index (κ3) is 5.98. The van der Waals surface area contributed by atoms with Crippen molar-refractivity contribution in [3.63, 3.8) is 0 Å². The summed E-state index contributed by atoms with van der Waals surface area (Å²) in [4.78, 5) is 4.58. The van der Waals surface area contributed by atoms with Gasteiger partial charge in [0, 0.05) is 23.2 Å². The molecule has 0 unspecified atom stereocenters. The second kappa shape index (κ2) is 11.8. The van der Waals surface area contributed by atoms with E-state index < -0.39 is 25.4 Å². The predicted octanol–water partition coefficient (Wildman–Crippen LogP) is 6.67. The molecule has 8 nitrogen and oxygen atoms in total. The van der Waals surface area contributed by atoms with E-state index in [1.807, 2.05) is 13.0 Å². The molecule has 11 heteroatoms. The SMILES string of the molecule is Cc1c(C#N)cccc1[C@H](Nc1cc(Cl)cc2c(NCC(C)(C)C)c(C#N)cnc12)c1cn(C(CF)CF)nn1. The van der Waals surface area contributed by atoms with Crippen LogP contribution in [-0.4, -0.2) is 39.9 Å². The molecule has 0 amide bonds. The monoisotopic (exact) mass is 562 g/mol. The van der Waals surface area contributed by atoms with Gasteiger partial charge in [-0.25, -0.2) is 13.5 Å². The van der Waals surface area contributed by atoms with Crippen molar-refractivity contribution in [3.8, 4) is 12.1 Å². The van der Waals surface area contributed by atoms with Crippen LogP contribution in [0.2, 0.25) is 5.02 Å². The first-order valence-electron chi connectivity index (χ1n) is 12.7. The average molecular weight is 563 g/mol. The molecule has 0 fully saturated rings. The van der Waals surface area contributed by atoms with Crippen molar-refractivity contribution < 1.29 is 8.78 Å². The quantitative estimate of drug-likeness (QED) is 0.234. The molecule has 0 saturated heterocycles. The van der Waals surface area contributed by atoms with Gasteiger partial charge in [-0.15, -0.1) is 5.10 Å². The molecule has 40 heavy (non-hydrogen) atoms. The lowest BCUT2D eigenvalue weighted by Crippen LogP contribution is -2.20. The molecule has 0 spiro atoms. The predicted molar refractivity (Wildman–Crippen MR) is 152 cm³/mol. The second-order valence-electron chi connectivity index (χ2n) is 10.7. The summed E-state index contributed by atoms with van der Waals surface area (Å²) in [5, 5.41) is 35.5. The van der Waals surface area contributed by atoms with E-state index in [-0.39, 0.29) is 5.41 Å². The van der Waals surface area contributed by atoms with Gasteiger partial charge in [0.2, 0.25) is 0 Å². The first-order valence-corrected chi connectivity index (χ1v) is 13.0. The first kappa shape index (κ1) is 28.7. The van der Waals surface area contributed by atoms with Crippen molar-refractivity contribution in [2.24, 2.45) is 5.41 Å². The highest BCUT2D eigenvalue weighted by molar-refractivity contribution is 6.32. The van der Waals surface area contributed by atoms with E-state index in [0.29, 0.717) is 56.2 Å². The molecule has 0 aliphatic heterocycles. The summed E-state index contributed by atoms with van der Waals surface area (Å²) in [5.74, 6) is 0. The fourth-order valence-corrected chi connectivity index (χ4v) is 4.56. The Kier molecular flexibility index (Phi) is 8.51. The number of benzene rings is 2. The number of nitrogens with one attached hydrogen (secondary N) is 2. The lowest BCUT2D eigenvalue weighted by Gasteiger charge is -2.23. The average Bonchev–Trinajstić information content (AvgIpc) is 3.40. The van der Waals surface area contributed by atoms with Gasteiger partial charge in [0.25, 0.3) is 0 Å². The molecule has 206 valence electrons. The van der Waals surface area contributed by atoms with Gasteiger partial charge in [0.15, 0.2) is 0 Å². The Morgan fingerprint density at radius 2 is 1.82 bits per heavy atom. The normalized spacial score (nSPS) is 12.2. The van der Waals surface area contributed by atoms with E-state index in [1.54, 1.807) is 24.3 Å². The number of fused-ring (bicyclic) bond motifs is 1. The lowest BCUT2D eigenvalue weighted by atomic mass is 9.95. The van der Waals surface area contributed by atoms with Gasteiger partial charge in [-0.05, 0) is 41.7 Å². The molecule has 0 saturated carbocycles. The largest absolute Gasteiger partial charge is 0.383 e. The van der Waals surface area contributed by atoms with E-state index in [4.69, 9.17) is 11.6 Å². The highest BCUT2D eigenvalue weighted by Crippen LogP contribution is 2.37.